The van der Waals surface area contributed by atoms with E-state index >= 15 is 0 Å². The molecule has 0 fully saturated rings. The van der Waals surface area contributed by atoms with E-state index in [4.69, 9.17) is 34.8 Å². The van der Waals surface area contributed by atoms with Gasteiger partial charge in [-0.05, 0) is 67.3 Å². The fourth-order valence-corrected chi connectivity index (χ4v) is 7.03. The number of hydrogen-bond acceptors (Lipinski definition) is 4. The minimum absolute atomic E-state index is 0.00353. The monoisotopic (exact) mass is 713 g/mol. The van der Waals surface area contributed by atoms with Crippen molar-refractivity contribution < 1.29 is 18.0 Å². The zero-order valence-electron chi connectivity index (χ0n) is 26.7. The van der Waals surface area contributed by atoms with Gasteiger partial charge in [-0.2, -0.15) is 0 Å². The topological polar surface area (TPSA) is 86.8 Å². The van der Waals surface area contributed by atoms with E-state index in [1.807, 2.05) is 51.1 Å². The molecular formula is C36H38Cl3N3O4S. The van der Waals surface area contributed by atoms with Crippen LogP contribution in [0, 0.1) is 19.8 Å². The molecular weight excluding hydrogens is 677 g/mol. The zero-order valence-corrected chi connectivity index (χ0v) is 29.8. The second kappa shape index (κ2) is 16.0. The fraction of sp³-hybridized carbons (Fsp3) is 0.278. The molecule has 248 valence electrons. The van der Waals surface area contributed by atoms with Gasteiger partial charge in [-0.25, -0.2) is 8.42 Å². The molecule has 0 aliphatic heterocycles. The summed E-state index contributed by atoms with van der Waals surface area (Å²) < 4.78 is 29.5. The van der Waals surface area contributed by atoms with Crippen molar-refractivity contribution in [3.05, 3.63) is 128 Å². The third kappa shape index (κ3) is 9.29. The Morgan fingerprint density at radius 2 is 1.45 bits per heavy atom. The number of anilines is 1. The van der Waals surface area contributed by atoms with Gasteiger partial charge in [-0.1, -0.05) is 109 Å². The van der Waals surface area contributed by atoms with Crippen molar-refractivity contribution in [3.63, 3.8) is 0 Å². The summed E-state index contributed by atoms with van der Waals surface area (Å²) in [5.41, 5.74) is 3.08. The Balaban J connectivity index is 1.85. The van der Waals surface area contributed by atoms with Crippen LogP contribution in [0.1, 0.15) is 36.1 Å². The van der Waals surface area contributed by atoms with Crippen molar-refractivity contribution in [1.29, 1.82) is 0 Å². The molecule has 11 heteroatoms. The van der Waals surface area contributed by atoms with Crippen LogP contribution >= 0.6 is 34.8 Å². The van der Waals surface area contributed by atoms with Gasteiger partial charge in [0.25, 0.3) is 10.0 Å². The smallest absolute Gasteiger partial charge is 0.264 e. The number of hydrogen-bond donors (Lipinski definition) is 1. The number of carbonyl (C=O) groups excluding carboxylic acids is 2. The molecule has 0 aliphatic carbocycles. The lowest BCUT2D eigenvalue weighted by atomic mass is 10.0. The largest absolute Gasteiger partial charge is 0.354 e. The van der Waals surface area contributed by atoms with Gasteiger partial charge >= 0.3 is 0 Å². The molecule has 47 heavy (non-hydrogen) atoms. The Bertz CT molecular complexity index is 1800. The van der Waals surface area contributed by atoms with E-state index < -0.39 is 28.5 Å². The number of benzene rings is 4. The third-order valence-electron chi connectivity index (χ3n) is 7.68. The summed E-state index contributed by atoms with van der Waals surface area (Å²) in [6.07, 6.45) is 0.166. The summed E-state index contributed by atoms with van der Waals surface area (Å²) in [5, 5.41) is 3.93. The number of rotatable bonds is 13. The maximum Gasteiger partial charge on any atom is 0.264 e. The minimum Gasteiger partial charge on any atom is -0.354 e. The maximum absolute atomic E-state index is 14.6. The molecule has 0 aromatic heterocycles. The van der Waals surface area contributed by atoms with Crippen LogP contribution in [-0.2, 0) is 32.6 Å². The van der Waals surface area contributed by atoms with Gasteiger partial charge in [-0.15, -0.1) is 0 Å². The normalized spacial score (nSPS) is 12.1. The lowest BCUT2D eigenvalue weighted by Gasteiger charge is -2.34. The first-order chi connectivity index (χ1) is 22.3. The van der Waals surface area contributed by atoms with Crippen LogP contribution in [0.4, 0.5) is 5.69 Å². The lowest BCUT2D eigenvalue weighted by molar-refractivity contribution is -0.140. The number of sulfonamides is 1. The van der Waals surface area contributed by atoms with Gasteiger partial charge in [0.15, 0.2) is 0 Å². The molecule has 0 saturated heterocycles. The van der Waals surface area contributed by atoms with E-state index in [2.05, 4.69) is 5.32 Å². The molecule has 0 heterocycles. The Morgan fingerprint density at radius 1 is 0.809 bits per heavy atom. The maximum atomic E-state index is 14.6. The molecule has 4 aromatic rings. The van der Waals surface area contributed by atoms with Crippen molar-refractivity contribution in [2.45, 2.75) is 51.6 Å². The summed E-state index contributed by atoms with van der Waals surface area (Å²) in [6.45, 7) is 7.21. The highest BCUT2D eigenvalue weighted by molar-refractivity contribution is 7.92. The van der Waals surface area contributed by atoms with E-state index in [1.165, 1.54) is 23.1 Å². The number of carbonyl (C=O) groups is 2. The van der Waals surface area contributed by atoms with Crippen molar-refractivity contribution in [3.8, 4) is 0 Å². The highest BCUT2D eigenvalue weighted by Crippen LogP contribution is 2.31. The second-order valence-electron chi connectivity index (χ2n) is 11.8. The molecule has 4 rings (SSSR count). The van der Waals surface area contributed by atoms with Gasteiger partial charge in [-0.3, -0.25) is 13.9 Å². The molecule has 0 bridgehead atoms. The van der Waals surface area contributed by atoms with Crippen LogP contribution in [0.5, 0.6) is 0 Å². The first-order valence-corrected chi connectivity index (χ1v) is 17.7. The van der Waals surface area contributed by atoms with Crippen molar-refractivity contribution in [2.75, 3.05) is 17.4 Å². The standard InChI is InChI=1S/C36H38Cl3N3O4S/c1-24(2)21-40-36(44)34(19-27-9-6-5-7-10-27)41(22-30-31(37)11-8-12-32(30)38)35(43)23-42(28-16-15-26(4)33(39)20-28)47(45,46)29-17-13-25(3)14-18-29/h5-18,20,24,34H,19,21-23H2,1-4H3,(H,40,44)/t34-/m0/s1. The lowest BCUT2D eigenvalue weighted by Crippen LogP contribution is -2.53. The third-order valence-corrected chi connectivity index (χ3v) is 10.6. The summed E-state index contributed by atoms with van der Waals surface area (Å²) in [6, 6.07) is 24.5. The SMILES string of the molecule is Cc1ccc(S(=O)(=O)N(CC(=O)N(Cc2c(Cl)cccc2Cl)[C@@H](Cc2ccccc2)C(=O)NCC(C)C)c2ccc(C)c(Cl)c2)cc1. The number of nitrogens with zero attached hydrogens (tertiary/aromatic N) is 2. The van der Waals surface area contributed by atoms with Gasteiger partial charge in [0.2, 0.25) is 11.8 Å². The van der Waals surface area contributed by atoms with Crippen LogP contribution in [0.2, 0.25) is 15.1 Å². The second-order valence-corrected chi connectivity index (χ2v) is 14.9. The molecule has 0 unspecified atom stereocenters. The first-order valence-electron chi connectivity index (χ1n) is 15.2. The van der Waals surface area contributed by atoms with Crippen LogP contribution in [-0.4, -0.2) is 44.3 Å². The molecule has 0 aliphatic rings. The Kier molecular flexibility index (Phi) is 12.4. The predicted octanol–water partition coefficient (Wildman–Crippen LogP) is 7.87. The quantitative estimate of drug-likeness (QED) is 0.153. The average Bonchev–Trinajstić information content (AvgIpc) is 3.03. The van der Waals surface area contributed by atoms with Crippen LogP contribution in [0.25, 0.3) is 0 Å². The number of nitrogens with one attached hydrogen (secondary N) is 1. The van der Waals surface area contributed by atoms with Gasteiger partial charge in [0.05, 0.1) is 10.6 Å². The van der Waals surface area contributed by atoms with E-state index in [0.717, 1.165) is 21.0 Å². The highest BCUT2D eigenvalue weighted by Gasteiger charge is 2.35. The molecule has 1 atom stereocenters. The van der Waals surface area contributed by atoms with Crippen LogP contribution in [0.3, 0.4) is 0 Å². The highest BCUT2D eigenvalue weighted by atomic mass is 35.5. The van der Waals surface area contributed by atoms with Gasteiger partial charge < -0.3 is 10.2 Å². The number of amides is 2. The summed E-state index contributed by atoms with van der Waals surface area (Å²) in [4.78, 5) is 29.9. The number of aryl methyl sites for hydroxylation is 2. The zero-order chi connectivity index (χ0) is 34.3. The summed E-state index contributed by atoms with van der Waals surface area (Å²) >= 11 is 19.6. The van der Waals surface area contributed by atoms with E-state index in [9.17, 15) is 18.0 Å². The first kappa shape index (κ1) is 36.3. The van der Waals surface area contributed by atoms with E-state index in [0.29, 0.717) is 27.2 Å². The molecule has 0 spiro atoms. The van der Waals surface area contributed by atoms with Crippen molar-refractivity contribution in [1.82, 2.24) is 10.2 Å². The predicted molar refractivity (Wildman–Crippen MR) is 191 cm³/mol. The fourth-order valence-electron chi connectivity index (χ4n) is 4.93. The Hall–Kier alpha value is -3.56. The summed E-state index contributed by atoms with van der Waals surface area (Å²) in [5.74, 6) is -0.862. The molecule has 7 nitrogen and oxygen atoms in total. The molecule has 0 saturated carbocycles. The Labute approximate surface area is 292 Å². The molecule has 2 amide bonds. The summed E-state index contributed by atoms with van der Waals surface area (Å²) in [7, 11) is -4.27. The molecule has 0 radical (unpaired) electrons. The molecule has 4 aromatic carbocycles. The Morgan fingerprint density at radius 3 is 2.04 bits per heavy atom. The van der Waals surface area contributed by atoms with Crippen LogP contribution < -0.4 is 9.62 Å². The minimum atomic E-state index is -4.27. The van der Waals surface area contributed by atoms with Crippen molar-refractivity contribution in [2.24, 2.45) is 5.92 Å². The van der Waals surface area contributed by atoms with E-state index in [1.54, 1.807) is 49.4 Å². The van der Waals surface area contributed by atoms with Crippen LogP contribution in [0.15, 0.2) is 95.9 Å². The number of halogens is 3. The van der Waals surface area contributed by atoms with Gasteiger partial charge in [0, 0.05) is 40.1 Å². The molecule has 1 N–H and O–H groups in total. The van der Waals surface area contributed by atoms with Gasteiger partial charge in [0.1, 0.15) is 12.6 Å². The average molecular weight is 715 g/mol. The van der Waals surface area contributed by atoms with E-state index in [-0.39, 0.29) is 35.4 Å². The van der Waals surface area contributed by atoms with Crippen molar-refractivity contribution >= 4 is 62.3 Å².